The van der Waals surface area contributed by atoms with Crippen LogP contribution in [0.3, 0.4) is 0 Å². The van der Waals surface area contributed by atoms with Crippen LogP contribution in [0, 0.1) is 0 Å². The maximum atomic E-state index is 12.4. The van der Waals surface area contributed by atoms with Gasteiger partial charge in [0.15, 0.2) is 5.82 Å². The Morgan fingerprint density at radius 1 is 1.56 bits per heavy atom. The summed E-state index contributed by atoms with van der Waals surface area (Å²) in [7, 11) is 0. The average Bonchev–Trinajstić information content (AvgIpc) is 2.38. The van der Waals surface area contributed by atoms with Crippen LogP contribution in [0.4, 0.5) is 5.82 Å². The van der Waals surface area contributed by atoms with Crippen LogP contribution in [0.15, 0.2) is 17.2 Å². The molecule has 0 radical (unpaired) electrons. The first-order chi connectivity index (χ1) is 8.65. The van der Waals surface area contributed by atoms with Crippen molar-refractivity contribution < 1.29 is 0 Å². The van der Waals surface area contributed by atoms with Crippen LogP contribution in [0.2, 0.25) is 0 Å². The average molecular weight is 250 g/mol. The standard InChI is InChI=1S/C13H22N4O/c1-4-11-9-14-5-7-17(11)12-13(18)16(10(2)3)8-6-15-12/h6,8,10-11,14H,4-5,7,9H2,1-3H3. The molecule has 1 saturated heterocycles. The zero-order valence-corrected chi connectivity index (χ0v) is 11.4. The van der Waals surface area contributed by atoms with Crippen molar-refractivity contribution in [3.05, 3.63) is 22.7 Å². The van der Waals surface area contributed by atoms with E-state index in [-0.39, 0.29) is 11.6 Å². The monoisotopic (exact) mass is 250 g/mol. The molecule has 100 valence electrons. The first-order valence-corrected chi connectivity index (χ1v) is 6.69. The van der Waals surface area contributed by atoms with Crippen LogP contribution in [0.5, 0.6) is 0 Å². The van der Waals surface area contributed by atoms with Gasteiger partial charge in [-0.2, -0.15) is 0 Å². The summed E-state index contributed by atoms with van der Waals surface area (Å²) >= 11 is 0. The molecule has 1 aromatic heterocycles. The Morgan fingerprint density at radius 2 is 2.33 bits per heavy atom. The summed E-state index contributed by atoms with van der Waals surface area (Å²) in [5.41, 5.74) is 0.0212. The maximum Gasteiger partial charge on any atom is 0.293 e. The Bertz CT molecular complexity index is 455. The number of nitrogens with zero attached hydrogens (tertiary/aromatic N) is 3. The van der Waals surface area contributed by atoms with Gasteiger partial charge in [0.1, 0.15) is 0 Å². The van der Waals surface area contributed by atoms with Gasteiger partial charge in [0.2, 0.25) is 0 Å². The minimum absolute atomic E-state index is 0.0212. The van der Waals surface area contributed by atoms with E-state index in [1.54, 1.807) is 17.0 Å². The highest BCUT2D eigenvalue weighted by Gasteiger charge is 2.24. The third kappa shape index (κ3) is 2.41. The molecule has 0 saturated carbocycles. The topological polar surface area (TPSA) is 50.2 Å². The van der Waals surface area contributed by atoms with E-state index in [0.717, 1.165) is 26.1 Å². The molecule has 0 aromatic carbocycles. The predicted molar refractivity (Wildman–Crippen MR) is 73.2 cm³/mol. The molecule has 1 fully saturated rings. The number of hydrogen-bond acceptors (Lipinski definition) is 4. The lowest BCUT2D eigenvalue weighted by molar-refractivity contribution is 0.458. The van der Waals surface area contributed by atoms with Crippen molar-refractivity contribution in [2.24, 2.45) is 0 Å². The molecule has 5 nitrogen and oxygen atoms in total. The van der Waals surface area contributed by atoms with E-state index in [9.17, 15) is 4.79 Å². The second-order valence-corrected chi connectivity index (χ2v) is 5.02. The molecule has 1 atom stereocenters. The van der Waals surface area contributed by atoms with E-state index < -0.39 is 0 Å². The van der Waals surface area contributed by atoms with Gasteiger partial charge in [0, 0.05) is 44.1 Å². The lowest BCUT2D eigenvalue weighted by Crippen LogP contribution is -2.53. The maximum absolute atomic E-state index is 12.4. The number of rotatable bonds is 3. The fourth-order valence-corrected chi connectivity index (χ4v) is 2.42. The van der Waals surface area contributed by atoms with E-state index in [1.807, 2.05) is 13.8 Å². The molecular formula is C13H22N4O. The number of piperazine rings is 1. The number of hydrogen-bond donors (Lipinski definition) is 1. The molecule has 18 heavy (non-hydrogen) atoms. The normalized spacial score (nSPS) is 20.4. The van der Waals surface area contributed by atoms with Crippen molar-refractivity contribution in [2.45, 2.75) is 39.3 Å². The SMILES string of the molecule is CCC1CNCCN1c1nccn(C(C)C)c1=O. The van der Waals surface area contributed by atoms with Gasteiger partial charge in [-0.25, -0.2) is 4.98 Å². The number of aromatic nitrogens is 2. The molecule has 0 amide bonds. The molecule has 1 aliphatic heterocycles. The van der Waals surface area contributed by atoms with Crippen LogP contribution in [0.1, 0.15) is 33.2 Å². The quantitative estimate of drug-likeness (QED) is 0.870. The van der Waals surface area contributed by atoms with Crippen molar-refractivity contribution in [3.8, 4) is 0 Å². The zero-order chi connectivity index (χ0) is 13.1. The highest BCUT2D eigenvalue weighted by Crippen LogP contribution is 2.14. The first-order valence-electron chi connectivity index (χ1n) is 6.69. The molecule has 2 heterocycles. The Labute approximate surface area is 108 Å². The van der Waals surface area contributed by atoms with Crippen LogP contribution in [-0.2, 0) is 0 Å². The van der Waals surface area contributed by atoms with Crippen molar-refractivity contribution in [1.29, 1.82) is 0 Å². The molecule has 1 aromatic rings. The zero-order valence-electron chi connectivity index (χ0n) is 11.4. The largest absolute Gasteiger partial charge is 0.346 e. The molecular weight excluding hydrogens is 228 g/mol. The molecule has 1 N–H and O–H groups in total. The molecule has 0 aliphatic carbocycles. The van der Waals surface area contributed by atoms with E-state index >= 15 is 0 Å². The van der Waals surface area contributed by atoms with Gasteiger partial charge in [-0.1, -0.05) is 6.92 Å². The summed E-state index contributed by atoms with van der Waals surface area (Å²) in [5, 5.41) is 3.36. The van der Waals surface area contributed by atoms with Crippen molar-refractivity contribution in [2.75, 3.05) is 24.5 Å². The van der Waals surface area contributed by atoms with Crippen molar-refractivity contribution in [3.63, 3.8) is 0 Å². The fraction of sp³-hybridized carbons (Fsp3) is 0.692. The van der Waals surface area contributed by atoms with Gasteiger partial charge >= 0.3 is 0 Å². The minimum Gasteiger partial charge on any atom is -0.346 e. The van der Waals surface area contributed by atoms with Crippen LogP contribution < -0.4 is 15.8 Å². The van der Waals surface area contributed by atoms with Gasteiger partial charge in [-0.3, -0.25) is 4.79 Å². The summed E-state index contributed by atoms with van der Waals surface area (Å²) < 4.78 is 1.75. The summed E-state index contributed by atoms with van der Waals surface area (Å²) in [6.45, 7) is 8.86. The van der Waals surface area contributed by atoms with Crippen LogP contribution in [0.25, 0.3) is 0 Å². The third-order valence-corrected chi connectivity index (χ3v) is 3.50. The Balaban J connectivity index is 2.38. The minimum atomic E-state index is 0.0212. The Hall–Kier alpha value is -1.36. The van der Waals surface area contributed by atoms with Crippen molar-refractivity contribution in [1.82, 2.24) is 14.9 Å². The fourth-order valence-electron chi connectivity index (χ4n) is 2.42. The highest BCUT2D eigenvalue weighted by molar-refractivity contribution is 5.38. The van der Waals surface area contributed by atoms with E-state index in [4.69, 9.17) is 0 Å². The van der Waals surface area contributed by atoms with E-state index in [0.29, 0.717) is 11.9 Å². The number of nitrogens with one attached hydrogen (secondary N) is 1. The molecule has 1 unspecified atom stereocenters. The van der Waals surface area contributed by atoms with Crippen LogP contribution >= 0.6 is 0 Å². The summed E-state index contributed by atoms with van der Waals surface area (Å²) in [6.07, 6.45) is 4.51. The molecule has 0 bridgehead atoms. The smallest absolute Gasteiger partial charge is 0.293 e. The third-order valence-electron chi connectivity index (χ3n) is 3.50. The molecule has 2 rings (SSSR count). The molecule has 1 aliphatic rings. The van der Waals surface area contributed by atoms with Crippen LogP contribution in [-0.4, -0.2) is 35.2 Å². The lowest BCUT2D eigenvalue weighted by Gasteiger charge is -2.36. The Kier molecular flexibility index (Phi) is 4.01. The van der Waals surface area contributed by atoms with E-state index in [2.05, 4.69) is 22.1 Å². The van der Waals surface area contributed by atoms with Crippen molar-refractivity contribution >= 4 is 5.82 Å². The molecule has 5 heteroatoms. The van der Waals surface area contributed by atoms with Gasteiger partial charge in [0.25, 0.3) is 5.56 Å². The lowest BCUT2D eigenvalue weighted by atomic mass is 10.1. The summed E-state index contributed by atoms with van der Waals surface area (Å²) in [4.78, 5) is 18.9. The Morgan fingerprint density at radius 3 is 3.00 bits per heavy atom. The van der Waals surface area contributed by atoms with Gasteiger partial charge in [-0.15, -0.1) is 0 Å². The summed E-state index contributed by atoms with van der Waals surface area (Å²) in [5.74, 6) is 0.597. The second-order valence-electron chi connectivity index (χ2n) is 5.02. The predicted octanol–water partition coefficient (Wildman–Crippen LogP) is 1.01. The van der Waals surface area contributed by atoms with Gasteiger partial charge in [0.05, 0.1) is 0 Å². The highest BCUT2D eigenvalue weighted by atomic mass is 16.1. The first kappa shape index (κ1) is 13.1. The van der Waals surface area contributed by atoms with Gasteiger partial charge in [-0.05, 0) is 20.3 Å². The molecule has 0 spiro atoms. The van der Waals surface area contributed by atoms with Gasteiger partial charge < -0.3 is 14.8 Å². The number of anilines is 1. The van der Waals surface area contributed by atoms with E-state index in [1.165, 1.54) is 0 Å². The summed E-state index contributed by atoms with van der Waals surface area (Å²) in [6, 6.07) is 0.532. The second kappa shape index (κ2) is 5.52.